The second-order valence-corrected chi connectivity index (χ2v) is 5.43. The summed E-state index contributed by atoms with van der Waals surface area (Å²) in [7, 11) is 0. The fraction of sp³-hybridized carbons (Fsp3) is 0.846. The molecular weight excluding hydrogens is 246 g/mol. The van der Waals surface area contributed by atoms with E-state index in [2.05, 4.69) is 10.2 Å². The van der Waals surface area contributed by atoms with E-state index >= 15 is 0 Å². The first-order chi connectivity index (χ1) is 9.06. The molecule has 2 heterocycles. The first-order valence-electron chi connectivity index (χ1n) is 7.01. The summed E-state index contributed by atoms with van der Waals surface area (Å²) >= 11 is 0. The van der Waals surface area contributed by atoms with E-state index in [1.54, 1.807) is 11.8 Å². The number of carbonyl (C=O) groups excluding carboxylic acids is 1. The maximum atomic E-state index is 11.8. The fourth-order valence-electron chi connectivity index (χ4n) is 3.13. The molecule has 2 N–H and O–H groups in total. The highest BCUT2D eigenvalue weighted by atomic mass is 16.4. The first-order valence-corrected chi connectivity index (χ1v) is 7.01. The van der Waals surface area contributed by atoms with E-state index in [1.165, 1.54) is 0 Å². The van der Waals surface area contributed by atoms with Gasteiger partial charge in [-0.05, 0) is 25.8 Å². The van der Waals surface area contributed by atoms with Gasteiger partial charge in [0, 0.05) is 39.6 Å². The number of aliphatic carboxylic acids is 1. The minimum absolute atomic E-state index is 0.0384. The molecule has 0 radical (unpaired) electrons. The average molecular weight is 269 g/mol. The van der Waals surface area contributed by atoms with Crippen LogP contribution < -0.4 is 5.32 Å². The summed E-state index contributed by atoms with van der Waals surface area (Å²) in [6, 6.07) is 0. The summed E-state index contributed by atoms with van der Waals surface area (Å²) in [6.07, 6.45) is 2.04. The highest BCUT2D eigenvalue weighted by Crippen LogP contribution is 2.30. The van der Waals surface area contributed by atoms with E-state index in [0.717, 1.165) is 32.6 Å². The highest BCUT2D eigenvalue weighted by molar-refractivity contribution is 5.80. The third-order valence-electron chi connectivity index (χ3n) is 4.38. The van der Waals surface area contributed by atoms with Crippen LogP contribution in [0.5, 0.6) is 0 Å². The molecular formula is C13H23N3O3. The molecule has 0 bridgehead atoms. The summed E-state index contributed by atoms with van der Waals surface area (Å²) in [6.45, 7) is 6.02. The molecule has 2 rings (SSSR count). The van der Waals surface area contributed by atoms with E-state index in [0.29, 0.717) is 25.9 Å². The van der Waals surface area contributed by atoms with E-state index in [1.807, 2.05) is 0 Å². The van der Waals surface area contributed by atoms with Gasteiger partial charge >= 0.3 is 5.97 Å². The molecule has 1 amide bonds. The Hall–Kier alpha value is -1.14. The lowest BCUT2D eigenvalue weighted by atomic mass is 9.85. The monoisotopic (exact) mass is 269 g/mol. The minimum atomic E-state index is -0.780. The van der Waals surface area contributed by atoms with Crippen molar-refractivity contribution in [3.63, 3.8) is 0 Å². The van der Waals surface area contributed by atoms with E-state index in [4.69, 9.17) is 0 Å². The Balaban J connectivity index is 2.10. The summed E-state index contributed by atoms with van der Waals surface area (Å²) < 4.78 is 0. The second kappa shape index (κ2) is 5.88. The Bertz CT molecular complexity index is 343. The van der Waals surface area contributed by atoms with Gasteiger partial charge in [-0.25, -0.2) is 0 Å². The number of carboxylic acid groups (broad SMARTS) is 1. The summed E-state index contributed by atoms with van der Waals surface area (Å²) in [5, 5.41) is 13.0. The number of likely N-dealkylation sites (tertiary alicyclic amines) is 1. The number of hydrogen-bond donors (Lipinski definition) is 2. The molecule has 19 heavy (non-hydrogen) atoms. The predicted molar refractivity (Wildman–Crippen MR) is 70.9 cm³/mol. The smallest absolute Gasteiger partial charge is 0.324 e. The third kappa shape index (κ3) is 2.90. The van der Waals surface area contributed by atoms with Gasteiger partial charge in [-0.15, -0.1) is 0 Å². The molecule has 0 saturated carbocycles. The Morgan fingerprint density at radius 2 is 1.79 bits per heavy atom. The Kier molecular flexibility index (Phi) is 4.42. The normalized spacial score (nSPS) is 24.8. The third-order valence-corrected chi connectivity index (χ3v) is 4.38. The van der Waals surface area contributed by atoms with Gasteiger partial charge < -0.3 is 15.3 Å². The number of carboxylic acids is 1. The molecule has 6 nitrogen and oxygen atoms in total. The summed E-state index contributed by atoms with van der Waals surface area (Å²) in [4.78, 5) is 27.0. The van der Waals surface area contributed by atoms with Crippen molar-refractivity contribution in [2.24, 2.45) is 0 Å². The molecule has 6 heteroatoms. The number of hydrogen-bond acceptors (Lipinski definition) is 4. The highest BCUT2D eigenvalue weighted by Gasteiger charge is 2.46. The van der Waals surface area contributed by atoms with Gasteiger partial charge in [-0.3, -0.25) is 14.5 Å². The van der Waals surface area contributed by atoms with Gasteiger partial charge in [-0.1, -0.05) is 0 Å². The summed E-state index contributed by atoms with van der Waals surface area (Å²) in [5.41, 5.74) is -0.780. The Morgan fingerprint density at radius 3 is 2.37 bits per heavy atom. The quantitative estimate of drug-likeness (QED) is 0.723. The second-order valence-electron chi connectivity index (χ2n) is 5.43. The van der Waals surface area contributed by atoms with Crippen LogP contribution in [0.2, 0.25) is 0 Å². The molecule has 0 atom stereocenters. The maximum absolute atomic E-state index is 11.8. The number of amides is 1. The van der Waals surface area contributed by atoms with Crippen LogP contribution >= 0.6 is 0 Å². The van der Waals surface area contributed by atoms with Crippen molar-refractivity contribution in [2.45, 2.75) is 31.7 Å². The van der Waals surface area contributed by atoms with Crippen LogP contribution in [0.1, 0.15) is 26.2 Å². The van der Waals surface area contributed by atoms with Crippen molar-refractivity contribution in [3.05, 3.63) is 0 Å². The largest absolute Gasteiger partial charge is 0.480 e. The molecule has 0 aromatic carbocycles. The number of carbonyl (C=O) groups is 2. The van der Waals surface area contributed by atoms with Gasteiger partial charge in [0.1, 0.15) is 5.54 Å². The topological polar surface area (TPSA) is 72.9 Å². The van der Waals surface area contributed by atoms with Crippen molar-refractivity contribution < 1.29 is 14.7 Å². The molecule has 2 fully saturated rings. The van der Waals surface area contributed by atoms with Crippen molar-refractivity contribution in [1.29, 1.82) is 0 Å². The number of nitrogens with one attached hydrogen (secondary N) is 1. The van der Waals surface area contributed by atoms with Crippen molar-refractivity contribution >= 4 is 11.9 Å². The van der Waals surface area contributed by atoms with E-state index in [-0.39, 0.29) is 5.91 Å². The van der Waals surface area contributed by atoms with Crippen LogP contribution in [0.3, 0.4) is 0 Å². The van der Waals surface area contributed by atoms with Crippen LogP contribution in [0.25, 0.3) is 0 Å². The SMILES string of the molecule is CC(=O)N1CCC(C(=O)O)(N2CCCNCC2)CC1. The molecule has 2 saturated heterocycles. The Morgan fingerprint density at radius 1 is 1.11 bits per heavy atom. The van der Waals surface area contributed by atoms with Crippen molar-refractivity contribution in [1.82, 2.24) is 15.1 Å². The number of piperidine rings is 1. The minimum Gasteiger partial charge on any atom is -0.480 e. The molecule has 0 unspecified atom stereocenters. The van der Waals surface area contributed by atoms with Gasteiger partial charge in [0.15, 0.2) is 0 Å². The zero-order chi connectivity index (χ0) is 13.9. The van der Waals surface area contributed by atoms with E-state index < -0.39 is 11.5 Å². The molecule has 108 valence electrons. The molecule has 0 aliphatic carbocycles. The van der Waals surface area contributed by atoms with Crippen LogP contribution in [0.4, 0.5) is 0 Å². The Labute approximate surface area is 113 Å². The van der Waals surface area contributed by atoms with Crippen molar-refractivity contribution in [3.8, 4) is 0 Å². The number of rotatable bonds is 2. The molecule has 0 aromatic heterocycles. The molecule has 0 aromatic rings. The lowest BCUT2D eigenvalue weighted by Crippen LogP contribution is -2.61. The average Bonchev–Trinajstić information content (AvgIpc) is 2.67. The van der Waals surface area contributed by atoms with Crippen molar-refractivity contribution in [2.75, 3.05) is 39.3 Å². The van der Waals surface area contributed by atoms with E-state index in [9.17, 15) is 14.7 Å². The van der Waals surface area contributed by atoms with Crippen LogP contribution in [0, 0.1) is 0 Å². The zero-order valence-electron chi connectivity index (χ0n) is 11.5. The maximum Gasteiger partial charge on any atom is 0.324 e. The van der Waals surface area contributed by atoms with Gasteiger partial charge in [0.2, 0.25) is 5.91 Å². The fourth-order valence-corrected chi connectivity index (χ4v) is 3.13. The van der Waals surface area contributed by atoms with Gasteiger partial charge in [0.25, 0.3) is 0 Å². The standard InChI is InChI=1S/C13H23N3O3/c1-11(17)15-8-3-13(4-9-15,12(18)19)16-7-2-5-14-6-10-16/h14H,2-10H2,1H3,(H,18,19). The molecule has 2 aliphatic heterocycles. The summed E-state index contributed by atoms with van der Waals surface area (Å²) in [5.74, 6) is -0.700. The predicted octanol–water partition coefficient (Wildman–Crippen LogP) is -0.253. The molecule has 2 aliphatic rings. The van der Waals surface area contributed by atoms with Crippen LogP contribution in [0.15, 0.2) is 0 Å². The lowest BCUT2D eigenvalue weighted by Gasteiger charge is -2.45. The zero-order valence-corrected chi connectivity index (χ0v) is 11.5. The van der Waals surface area contributed by atoms with Gasteiger partial charge in [0.05, 0.1) is 0 Å². The van der Waals surface area contributed by atoms with Gasteiger partial charge in [-0.2, -0.15) is 0 Å². The van der Waals surface area contributed by atoms with Crippen LogP contribution in [-0.4, -0.2) is 71.6 Å². The van der Waals surface area contributed by atoms with Crippen LogP contribution in [-0.2, 0) is 9.59 Å². The molecule has 0 spiro atoms. The lowest BCUT2D eigenvalue weighted by molar-refractivity contribution is -0.157. The number of nitrogens with zero attached hydrogens (tertiary/aromatic N) is 2. The first kappa shape index (κ1) is 14.3.